The van der Waals surface area contributed by atoms with Crippen LogP contribution in [-0.4, -0.2) is 47.8 Å². The highest BCUT2D eigenvalue weighted by atomic mass is 32.2. The second-order valence-corrected chi connectivity index (χ2v) is 9.21. The Hall–Kier alpha value is -3.30. The van der Waals surface area contributed by atoms with Gasteiger partial charge in [0.15, 0.2) is 5.03 Å². The highest BCUT2D eigenvalue weighted by Gasteiger charge is 2.38. The van der Waals surface area contributed by atoms with E-state index in [4.69, 9.17) is 0 Å². The second kappa shape index (κ2) is 8.44. The van der Waals surface area contributed by atoms with E-state index in [1.807, 2.05) is 0 Å². The van der Waals surface area contributed by atoms with Gasteiger partial charge in [-0.3, -0.25) is 14.2 Å². The normalized spacial score (nSPS) is 17.2. The van der Waals surface area contributed by atoms with Gasteiger partial charge in [0.25, 0.3) is 15.6 Å². The van der Waals surface area contributed by atoms with Gasteiger partial charge in [0.2, 0.25) is 5.91 Å². The number of sulfonamides is 1. The van der Waals surface area contributed by atoms with Gasteiger partial charge < -0.3 is 4.90 Å². The van der Waals surface area contributed by atoms with E-state index in [-0.39, 0.29) is 16.5 Å². The average Bonchev–Trinajstić information content (AvgIpc) is 2.80. The zero-order valence-electron chi connectivity index (χ0n) is 17.0. The summed E-state index contributed by atoms with van der Waals surface area (Å²) < 4.78 is 28.5. The molecule has 2 aromatic heterocycles. The summed E-state index contributed by atoms with van der Waals surface area (Å²) >= 11 is 0. The van der Waals surface area contributed by atoms with Crippen molar-refractivity contribution in [1.82, 2.24) is 13.9 Å². The molecule has 0 saturated carbocycles. The minimum atomic E-state index is -3.89. The molecule has 3 aromatic rings. The Morgan fingerprint density at radius 3 is 2.35 bits per heavy atom. The summed E-state index contributed by atoms with van der Waals surface area (Å²) in [6.07, 6.45) is 4.19. The van der Waals surface area contributed by atoms with E-state index in [1.54, 1.807) is 59.6 Å². The number of hydrogen-bond acceptors (Lipinski definition) is 5. The highest BCUT2D eigenvalue weighted by Crippen LogP contribution is 2.26. The number of carbonyl (C=O) groups excluding carboxylic acids is 1. The molecule has 3 heterocycles. The fourth-order valence-electron chi connectivity index (χ4n) is 3.70. The quantitative estimate of drug-likeness (QED) is 0.608. The average molecular weight is 439 g/mol. The molecule has 8 nitrogen and oxygen atoms in total. The van der Waals surface area contributed by atoms with E-state index in [1.165, 1.54) is 29.9 Å². The van der Waals surface area contributed by atoms with Crippen LogP contribution in [-0.2, 0) is 14.8 Å². The maximum atomic E-state index is 13.2. The molecule has 1 aromatic carbocycles. The predicted molar refractivity (Wildman–Crippen MR) is 117 cm³/mol. The molecule has 1 saturated heterocycles. The van der Waals surface area contributed by atoms with Crippen molar-refractivity contribution in [3.63, 3.8) is 0 Å². The standard InChI is InChI=1S/C22H22N4O4S/c1-24(31(29,30)20-8-2-4-14-23-20)19-7-6-16-26(22(19)28)18-12-10-17(11-13-18)25-15-5-3-9-21(25)27/h2-5,8-15,19H,6-7,16H2,1H3. The summed E-state index contributed by atoms with van der Waals surface area (Å²) in [6, 6.07) is 15.8. The summed E-state index contributed by atoms with van der Waals surface area (Å²) in [5, 5.41) is -0.0833. The molecule has 9 heteroatoms. The molecule has 160 valence electrons. The number of anilines is 1. The minimum Gasteiger partial charge on any atom is -0.311 e. The highest BCUT2D eigenvalue weighted by molar-refractivity contribution is 7.89. The maximum Gasteiger partial charge on any atom is 0.260 e. The van der Waals surface area contributed by atoms with E-state index in [0.717, 1.165) is 4.31 Å². The predicted octanol–water partition coefficient (Wildman–Crippen LogP) is 2.05. The van der Waals surface area contributed by atoms with Gasteiger partial charge in [0, 0.05) is 43.4 Å². The molecule has 1 aliphatic rings. The number of likely N-dealkylation sites (N-methyl/N-ethyl adjacent to an activating group) is 1. The molecule has 1 aliphatic heterocycles. The molecule has 0 spiro atoms. The largest absolute Gasteiger partial charge is 0.311 e. The molecule has 4 rings (SSSR count). The van der Waals surface area contributed by atoms with Crippen molar-refractivity contribution < 1.29 is 13.2 Å². The third-order valence-electron chi connectivity index (χ3n) is 5.39. The molecule has 1 amide bonds. The molecular formula is C22H22N4O4S. The van der Waals surface area contributed by atoms with E-state index in [2.05, 4.69) is 4.98 Å². The molecule has 31 heavy (non-hydrogen) atoms. The minimum absolute atomic E-state index is 0.0833. The molecule has 0 aliphatic carbocycles. The zero-order valence-corrected chi connectivity index (χ0v) is 17.8. The molecule has 0 bridgehead atoms. The first-order valence-corrected chi connectivity index (χ1v) is 11.3. The van der Waals surface area contributed by atoms with Crippen LogP contribution in [0.5, 0.6) is 0 Å². The Bertz CT molecular complexity index is 1240. The van der Waals surface area contributed by atoms with Crippen molar-refractivity contribution >= 4 is 21.6 Å². The zero-order chi connectivity index (χ0) is 22.0. The number of nitrogens with zero attached hydrogens (tertiary/aromatic N) is 4. The van der Waals surface area contributed by atoms with E-state index < -0.39 is 16.1 Å². The lowest BCUT2D eigenvalue weighted by Gasteiger charge is -2.36. The number of rotatable bonds is 5. The van der Waals surface area contributed by atoms with Gasteiger partial charge in [0.1, 0.15) is 6.04 Å². The Morgan fingerprint density at radius 2 is 1.68 bits per heavy atom. The first-order valence-electron chi connectivity index (χ1n) is 9.88. The summed E-state index contributed by atoms with van der Waals surface area (Å²) in [6.45, 7) is 0.497. The summed E-state index contributed by atoms with van der Waals surface area (Å²) in [5.41, 5.74) is 1.20. The van der Waals surface area contributed by atoms with Crippen LogP contribution in [0.2, 0.25) is 0 Å². The number of hydrogen-bond donors (Lipinski definition) is 0. The first kappa shape index (κ1) is 21.0. The van der Waals surface area contributed by atoms with E-state index >= 15 is 0 Å². The smallest absolute Gasteiger partial charge is 0.260 e. The van der Waals surface area contributed by atoms with Gasteiger partial charge in [-0.05, 0) is 55.3 Å². The third-order valence-corrected chi connectivity index (χ3v) is 7.18. The van der Waals surface area contributed by atoms with Gasteiger partial charge in [-0.15, -0.1) is 0 Å². The Labute approximate surface area is 180 Å². The van der Waals surface area contributed by atoms with Crippen LogP contribution in [0.3, 0.4) is 0 Å². The Balaban J connectivity index is 1.58. The van der Waals surface area contributed by atoms with Crippen LogP contribution < -0.4 is 10.5 Å². The van der Waals surface area contributed by atoms with Crippen LogP contribution in [0.25, 0.3) is 5.69 Å². The molecule has 1 unspecified atom stereocenters. The lowest BCUT2D eigenvalue weighted by atomic mass is 10.0. The van der Waals surface area contributed by atoms with Crippen molar-refractivity contribution in [1.29, 1.82) is 0 Å². The van der Waals surface area contributed by atoms with Gasteiger partial charge >= 0.3 is 0 Å². The summed E-state index contributed by atoms with van der Waals surface area (Å²) in [5.74, 6) is -0.280. The van der Waals surface area contributed by atoms with Gasteiger partial charge in [-0.25, -0.2) is 13.4 Å². The topological polar surface area (TPSA) is 92.6 Å². The van der Waals surface area contributed by atoms with Crippen LogP contribution in [0.4, 0.5) is 5.69 Å². The summed E-state index contributed by atoms with van der Waals surface area (Å²) in [7, 11) is -2.47. The lowest BCUT2D eigenvalue weighted by Crippen LogP contribution is -2.53. The Kier molecular flexibility index (Phi) is 5.71. The SMILES string of the molecule is CN(C1CCCN(c2ccc(-n3ccccc3=O)cc2)C1=O)S(=O)(=O)c1ccccn1. The third kappa shape index (κ3) is 4.01. The van der Waals surface area contributed by atoms with Crippen LogP contribution >= 0.6 is 0 Å². The van der Waals surface area contributed by atoms with Crippen molar-refractivity contribution in [3.05, 3.63) is 83.4 Å². The van der Waals surface area contributed by atoms with E-state index in [0.29, 0.717) is 30.8 Å². The fraction of sp³-hybridized carbons (Fsp3) is 0.227. The molecule has 1 atom stereocenters. The number of carbonyl (C=O) groups is 1. The number of aromatic nitrogens is 2. The van der Waals surface area contributed by atoms with Crippen LogP contribution in [0.1, 0.15) is 12.8 Å². The lowest BCUT2D eigenvalue weighted by molar-refractivity contribution is -0.123. The maximum absolute atomic E-state index is 13.2. The van der Waals surface area contributed by atoms with Crippen molar-refractivity contribution in [2.45, 2.75) is 23.9 Å². The molecular weight excluding hydrogens is 416 g/mol. The first-order chi connectivity index (χ1) is 14.9. The number of amides is 1. The van der Waals surface area contributed by atoms with Gasteiger partial charge in [-0.2, -0.15) is 4.31 Å². The van der Waals surface area contributed by atoms with Crippen molar-refractivity contribution in [3.8, 4) is 5.69 Å². The molecule has 0 N–H and O–H groups in total. The van der Waals surface area contributed by atoms with Crippen LogP contribution in [0, 0.1) is 0 Å². The number of benzene rings is 1. The van der Waals surface area contributed by atoms with Crippen molar-refractivity contribution in [2.75, 3.05) is 18.5 Å². The monoisotopic (exact) mass is 438 g/mol. The fourth-order valence-corrected chi connectivity index (χ4v) is 4.97. The Morgan fingerprint density at radius 1 is 0.968 bits per heavy atom. The second-order valence-electron chi connectivity index (χ2n) is 7.26. The number of pyridine rings is 2. The van der Waals surface area contributed by atoms with Crippen LogP contribution in [0.15, 0.2) is 82.9 Å². The summed E-state index contributed by atoms with van der Waals surface area (Å²) in [4.78, 5) is 30.7. The number of piperidine rings is 1. The molecule has 1 fully saturated rings. The van der Waals surface area contributed by atoms with Crippen molar-refractivity contribution in [2.24, 2.45) is 0 Å². The van der Waals surface area contributed by atoms with Gasteiger partial charge in [-0.1, -0.05) is 12.1 Å². The molecule has 0 radical (unpaired) electrons. The van der Waals surface area contributed by atoms with E-state index in [9.17, 15) is 18.0 Å². The van der Waals surface area contributed by atoms with Gasteiger partial charge in [0.05, 0.1) is 0 Å².